The molecule has 3 rings (SSSR count). The molecule has 27 heavy (non-hydrogen) atoms. The van der Waals surface area contributed by atoms with E-state index in [4.69, 9.17) is 0 Å². The zero-order chi connectivity index (χ0) is 19.6. The van der Waals surface area contributed by atoms with Crippen LogP contribution in [0.3, 0.4) is 0 Å². The Labute approximate surface area is 157 Å². The molecule has 0 spiro atoms. The number of hydrazone groups is 1. The number of carbonyl (C=O) groups is 1. The van der Waals surface area contributed by atoms with E-state index in [0.29, 0.717) is 17.3 Å². The van der Waals surface area contributed by atoms with E-state index in [1.165, 1.54) is 10.2 Å². The molecule has 0 radical (unpaired) electrons. The average molecular weight is 362 g/mol. The van der Waals surface area contributed by atoms with Gasteiger partial charge in [-0.1, -0.05) is 35.9 Å². The number of amides is 1. The van der Waals surface area contributed by atoms with Crippen LogP contribution in [0.15, 0.2) is 46.3 Å². The van der Waals surface area contributed by atoms with Crippen molar-refractivity contribution in [1.82, 2.24) is 15.2 Å². The third kappa shape index (κ3) is 3.65. The van der Waals surface area contributed by atoms with Crippen LogP contribution in [0.5, 0.6) is 0 Å². The maximum Gasteiger partial charge on any atom is 0.292 e. The van der Waals surface area contributed by atoms with Gasteiger partial charge in [0.2, 0.25) is 0 Å². The summed E-state index contributed by atoms with van der Waals surface area (Å²) >= 11 is 0. The molecular weight excluding hydrogens is 340 g/mol. The third-order valence-corrected chi connectivity index (χ3v) is 4.48. The molecule has 6 heteroatoms. The van der Waals surface area contributed by atoms with Gasteiger partial charge in [0, 0.05) is 17.5 Å². The summed E-state index contributed by atoms with van der Waals surface area (Å²) in [6.45, 7) is 8.26. The molecule has 1 heterocycles. The first-order chi connectivity index (χ1) is 12.9. The summed E-state index contributed by atoms with van der Waals surface area (Å²) in [6, 6.07) is 11.1. The number of hydrogen-bond acceptors (Lipinski definition) is 4. The Morgan fingerprint density at radius 1 is 1.15 bits per heavy atom. The maximum absolute atomic E-state index is 12.6. The fraction of sp³-hybridized carbons (Fsp3) is 0.238. The summed E-state index contributed by atoms with van der Waals surface area (Å²) in [5.74, 6) is -0.452. The Morgan fingerprint density at radius 3 is 2.41 bits per heavy atom. The molecule has 2 aromatic carbocycles. The van der Waals surface area contributed by atoms with E-state index in [2.05, 4.69) is 27.8 Å². The molecule has 0 aliphatic rings. The number of nitrogens with one attached hydrogen (secondary N) is 1. The van der Waals surface area contributed by atoms with Gasteiger partial charge in [0.05, 0.1) is 11.6 Å². The van der Waals surface area contributed by atoms with Crippen molar-refractivity contribution < 1.29 is 4.79 Å². The van der Waals surface area contributed by atoms with Gasteiger partial charge in [0.25, 0.3) is 11.5 Å². The number of aromatic nitrogens is 2. The lowest BCUT2D eigenvalue weighted by Gasteiger charge is -2.09. The van der Waals surface area contributed by atoms with Crippen molar-refractivity contribution in [2.24, 2.45) is 5.10 Å². The van der Waals surface area contributed by atoms with Crippen LogP contribution < -0.4 is 11.0 Å². The van der Waals surface area contributed by atoms with Gasteiger partial charge in [-0.05, 0) is 44.9 Å². The fourth-order valence-corrected chi connectivity index (χ4v) is 3.22. The van der Waals surface area contributed by atoms with Crippen molar-refractivity contribution >= 4 is 22.9 Å². The van der Waals surface area contributed by atoms with Crippen molar-refractivity contribution in [3.63, 3.8) is 0 Å². The minimum absolute atomic E-state index is 0.182. The molecule has 0 saturated heterocycles. The minimum Gasteiger partial charge on any atom is -0.267 e. The Balaban J connectivity index is 1.94. The van der Waals surface area contributed by atoms with E-state index in [0.717, 1.165) is 16.7 Å². The van der Waals surface area contributed by atoms with E-state index < -0.39 is 5.91 Å². The van der Waals surface area contributed by atoms with Crippen LogP contribution in [0.2, 0.25) is 0 Å². The average Bonchev–Trinajstić information content (AvgIpc) is 2.64. The smallest absolute Gasteiger partial charge is 0.267 e. The Kier molecular flexibility index (Phi) is 5.16. The lowest BCUT2D eigenvalue weighted by molar-refractivity contribution is 0.0949. The number of fused-ring (bicyclic) bond motifs is 1. The molecule has 0 fully saturated rings. The highest BCUT2D eigenvalue weighted by Gasteiger charge is 2.15. The van der Waals surface area contributed by atoms with Gasteiger partial charge in [0.15, 0.2) is 5.69 Å². The normalized spacial score (nSPS) is 11.3. The second-order valence-electron chi connectivity index (χ2n) is 6.53. The molecule has 0 unspecified atom stereocenters. The third-order valence-electron chi connectivity index (χ3n) is 4.48. The van der Waals surface area contributed by atoms with E-state index in [-0.39, 0.29) is 11.3 Å². The highest BCUT2D eigenvalue weighted by Crippen LogP contribution is 2.15. The molecule has 0 aliphatic heterocycles. The summed E-state index contributed by atoms with van der Waals surface area (Å²) in [5, 5.41) is 9.29. The zero-order valence-corrected chi connectivity index (χ0v) is 15.9. The van der Waals surface area contributed by atoms with Gasteiger partial charge in [-0.25, -0.2) is 10.1 Å². The molecule has 1 N–H and O–H groups in total. The van der Waals surface area contributed by atoms with Crippen LogP contribution in [0.4, 0.5) is 0 Å². The summed E-state index contributed by atoms with van der Waals surface area (Å²) in [7, 11) is 0. The molecule has 1 amide bonds. The molecule has 0 aliphatic carbocycles. The van der Waals surface area contributed by atoms with Crippen molar-refractivity contribution in [3.8, 4) is 0 Å². The van der Waals surface area contributed by atoms with Crippen LogP contribution in [0, 0.1) is 20.8 Å². The van der Waals surface area contributed by atoms with Crippen LogP contribution in [-0.4, -0.2) is 21.9 Å². The van der Waals surface area contributed by atoms with Crippen molar-refractivity contribution in [3.05, 3.63) is 74.7 Å². The summed E-state index contributed by atoms with van der Waals surface area (Å²) in [6.07, 6.45) is 1.64. The topological polar surface area (TPSA) is 76.3 Å². The summed E-state index contributed by atoms with van der Waals surface area (Å²) < 4.78 is 1.29. The zero-order valence-electron chi connectivity index (χ0n) is 15.9. The quantitative estimate of drug-likeness (QED) is 0.572. The largest absolute Gasteiger partial charge is 0.292 e. The molecule has 0 bridgehead atoms. The summed E-state index contributed by atoms with van der Waals surface area (Å²) in [5.41, 5.74) is 6.84. The van der Waals surface area contributed by atoms with Crippen LogP contribution in [0.25, 0.3) is 10.8 Å². The Morgan fingerprint density at radius 2 is 1.78 bits per heavy atom. The predicted molar refractivity (Wildman–Crippen MR) is 107 cm³/mol. The number of hydrogen-bond donors (Lipinski definition) is 1. The van der Waals surface area contributed by atoms with Gasteiger partial charge in [0.1, 0.15) is 0 Å². The first-order valence-electron chi connectivity index (χ1n) is 8.83. The highest BCUT2D eigenvalue weighted by atomic mass is 16.2. The monoisotopic (exact) mass is 362 g/mol. The second-order valence-corrected chi connectivity index (χ2v) is 6.53. The highest BCUT2D eigenvalue weighted by molar-refractivity contribution is 6.05. The number of aryl methyl sites for hydroxylation is 4. The number of benzene rings is 2. The van der Waals surface area contributed by atoms with Crippen molar-refractivity contribution in [2.45, 2.75) is 34.2 Å². The standard InChI is InChI=1S/C21H22N4O2/c1-5-25-21(27)17-9-7-6-8-16(17)19(24-25)20(26)23-22-12-18-14(3)10-13(2)11-15(18)4/h6-12H,5H2,1-4H3,(H,23,26)/b22-12-. The van der Waals surface area contributed by atoms with Crippen LogP contribution in [-0.2, 0) is 6.54 Å². The summed E-state index contributed by atoms with van der Waals surface area (Å²) in [4.78, 5) is 25.0. The first-order valence-corrected chi connectivity index (χ1v) is 8.83. The van der Waals surface area contributed by atoms with Crippen LogP contribution >= 0.6 is 0 Å². The molecular formula is C21H22N4O2. The minimum atomic E-state index is -0.452. The fourth-order valence-electron chi connectivity index (χ4n) is 3.22. The molecule has 0 saturated carbocycles. The number of nitrogens with zero attached hydrogens (tertiary/aromatic N) is 3. The lowest BCUT2D eigenvalue weighted by Crippen LogP contribution is -2.28. The SMILES string of the molecule is CCn1nc(C(=O)N/N=C\c2c(C)cc(C)cc2C)c2ccccc2c1=O. The Hall–Kier alpha value is -3.28. The second kappa shape index (κ2) is 7.53. The van der Waals surface area contributed by atoms with E-state index in [1.54, 1.807) is 30.5 Å². The van der Waals surface area contributed by atoms with E-state index in [9.17, 15) is 9.59 Å². The van der Waals surface area contributed by atoms with Crippen molar-refractivity contribution in [2.75, 3.05) is 0 Å². The molecule has 6 nitrogen and oxygen atoms in total. The van der Waals surface area contributed by atoms with Gasteiger partial charge >= 0.3 is 0 Å². The number of carbonyl (C=O) groups excluding carboxylic acids is 1. The van der Waals surface area contributed by atoms with E-state index in [1.807, 2.05) is 27.7 Å². The predicted octanol–water partition coefficient (Wildman–Crippen LogP) is 3.11. The number of rotatable bonds is 4. The molecule has 1 aromatic heterocycles. The van der Waals surface area contributed by atoms with Gasteiger partial charge in [-0.3, -0.25) is 9.59 Å². The molecule has 0 atom stereocenters. The molecule has 3 aromatic rings. The maximum atomic E-state index is 12.6. The van der Waals surface area contributed by atoms with Gasteiger partial charge < -0.3 is 0 Å². The van der Waals surface area contributed by atoms with Crippen LogP contribution in [0.1, 0.15) is 39.7 Å². The Bertz CT molecular complexity index is 1090. The first kappa shape index (κ1) is 18.5. The van der Waals surface area contributed by atoms with E-state index >= 15 is 0 Å². The lowest BCUT2D eigenvalue weighted by atomic mass is 10.0. The molecule has 138 valence electrons. The van der Waals surface area contributed by atoms with Gasteiger partial charge in [-0.15, -0.1) is 0 Å². The van der Waals surface area contributed by atoms with Crippen molar-refractivity contribution in [1.29, 1.82) is 0 Å². The van der Waals surface area contributed by atoms with Gasteiger partial charge in [-0.2, -0.15) is 10.2 Å².